The van der Waals surface area contributed by atoms with E-state index in [1.807, 2.05) is 130 Å². The highest BCUT2D eigenvalue weighted by Crippen LogP contribution is 2.31. The predicted octanol–water partition coefficient (Wildman–Crippen LogP) is 9.53. The molecule has 0 unspecified atom stereocenters. The van der Waals surface area contributed by atoms with Gasteiger partial charge in [0.1, 0.15) is 5.01 Å². The van der Waals surface area contributed by atoms with Gasteiger partial charge in [-0.15, -0.1) is 11.3 Å². The van der Waals surface area contributed by atoms with E-state index in [0.29, 0.717) is 78.2 Å². The number of piperidine rings is 2. The third-order valence-electron chi connectivity index (χ3n) is 12.8. The molecule has 0 aliphatic carbocycles. The molecular formula is C55H64N10O5S. The Morgan fingerprint density at radius 3 is 1.51 bits per heavy atom. The fraction of sp³-hybridized carbons (Fsp3) is 0.382. The first-order chi connectivity index (χ1) is 33.9. The van der Waals surface area contributed by atoms with Gasteiger partial charge in [0.25, 0.3) is 11.8 Å². The number of carbonyl (C=O) groups is 5. The molecule has 2 aliphatic rings. The van der Waals surface area contributed by atoms with Crippen molar-refractivity contribution in [3.63, 3.8) is 0 Å². The van der Waals surface area contributed by atoms with Crippen molar-refractivity contribution in [1.29, 1.82) is 10.5 Å². The number of likely N-dealkylation sites (tertiary alicyclic amines) is 2. The molecule has 370 valence electrons. The lowest BCUT2D eigenvalue weighted by Gasteiger charge is -2.32. The molecule has 0 atom stereocenters. The van der Waals surface area contributed by atoms with Crippen LogP contribution in [0.25, 0.3) is 0 Å². The molecule has 5 aromatic rings. The van der Waals surface area contributed by atoms with Gasteiger partial charge in [0, 0.05) is 72.2 Å². The minimum Gasteiger partial charge on any atom is -0.349 e. The highest BCUT2D eigenvalue weighted by Gasteiger charge is 2.28. The number of nitrogens with one attached hydrogen (secondary N) is 5. The van der Waals surface area contributed by atoms with Crippen LogP contribution in [-0.2, 0) is 11.3 Å². The van der Waals surface area contributed by atoms with E-state index in [1.165, 1.54) is 22.5 Å². The maximum atomic E-state index is 13.2. The molecule has 0 saturated carbocycles. The summed E-state index contributed by atoms with van der Waals surface area (Å²) >= 11 is 1.51. The molecule has 71 heavy (non-hydrogen) atoms. The summed E-state index contributed by atoms with van der Waals surface area (Å²) in [6.45, 7) is 16.3. The number of aromatic nitrogens is 1. The van der Waals surface area contributed by atoms with E-state index in [0.717, 1.165) is 47.5 Å². The summed E-state index contributed by atoms with van der Waals surface area (Å²) in [5.41, 5.74) is 8.07. The molecule has 3 heterocycles. The van der Waals surface area contributed by atoms with Gasteiger partial charge in [-0.25, -0.2) is 14.6 Å². The Hall–Kier alpha value is -7.56. The van der Waals surface area contributed by atoms with Crippen LogP contribution in [0, 0.1) is 49.4 Å². The van der Waals surface area contributed by atoms with E-state index in [9.17, 15) is 24.0 Å². The minimum atomic E-state index is -0.602. The number of hydrogen-bond donors (Lipinski definition) is 5. The number of hydrogen-bond acceptors (Lipinski definition) is 9. The average Bonchev–Trinajstić information content (AvgIpc) is 3.80. The second-order valence-electron chi connectivity index (χ2n) is 19.2. The second-order valence-corrected chi connectivity index (χ2v) is 20.1. The molecule has 5 N–H and O–H groups in total. The maximum Gasteiger partial charge on any atom is 0.319 e. The van der Waals surface area contributed by atoms with Crippen LogP contribution in [0.3, 0.4) is 0 Å². The molecule has 2 fully saturated rings. The maximum absolute atomic E-state index is 13.2. The normalized spacial score (nSPS) is 14.0. The summed E-state index contributed by atoms with van der Waals surface area (Å²) in [6.07, 6.45) is 3.49. The fourth-order valence-electron chi connectivity index (χ4n) is 8.43. The zero-order chi connectivity index (χ0) is 51.2. The summed E-state index contributed by atoms with van der Waals surface area (Å²) in [6, 6.07) is 29.7. The number of nitriles is 2. The van der Waals surface area contributed by atoms with Gasteiger partial charge >= 0.3 is 12.1 Å². The summed E-state index contributed by atoms with van der Waals surface area (Å²) in [7, 11) is 0. The van der Waals surface area contributed by atoms with Crippen LogP contribution in [0.4, 0.5) is 21.0 Å². The summed E-state index contributed by atoms with van der Waals surface area (Å²) in [5, 5.41) is 35.0. The number of amides is 7. The van der Waals surface area contributed by atoms with Crippen LogP contribution in [0.2, 0.25) is 0 Å². The Morgan fingerprint density at radius 2 is 1.11 bits per heavy atom. The van der Waals surface area contributed by atoms with E-state index >= 15 is 0 Å². The highest BCUT2D eigenvalue weighted by molar-refractivity contribution is 7.09. The Bertz CT molecular complexity index is 2780. The lowest BCUT2D eigenvalue weighted by Crippen LogP contribution is -2.53. The Balaban J connectivity index is 0.000000233. The third-order valence-corrected chi connectivity index (χ3v) is 13.8. The third kappa shape index (κ3) is 15.0. The monoisotopic (exact) mass is 976 g/mol. The van der Waals surface area contributed by atoms with Gasteiger partial charge in [0.05, 0.1) is 35.3 Å². The number of thiazole rings is 1. The highest BCUT2D eigenvalue weighted by atomic mass is 32.1. The first-order valence-corrected chi connectivity index (χ1v) is 24.9. The molecule has 15 nitrogen and oxygen atoms in total. The molecule has 7 amide bonds. The largest absolute Gasteiger partial charge is 0.349 e. The summed E-state index contributed by atoms with van der Waals surface area (Å²) in [4.78, 5) is 71.4. The van der Waals surface area contributed by atoms with E-state index in [1.54, 1.807) is 18.2 Å². The van der Waals surface area contributed by atoms with Crippen molar-refractivity contribution in [2.45, 2.75) is 98.1 Å². The van der Waals surface area contributed by atoms with Gasteiger partial charge in [-0.1, -0.05) is 50.2 Å². The smallest absolute Gasteiger partial charge is 0.319 e. The van der Waals surface area contributed by atoms with Gasteiger partial charge < -0.3 is 36.4 Å². The first kappa shape index (κ1) is 52.8. The van der Waals surface area contributed by atoms with Crippen LogP contribution >= 0.6 is 11.3 Å². The predicted molar refractivity (Wildman–Crippen MR) is 277 cm³/mol. The second kappa shape index (κ2) is 24.3. The minimum absolute atomic E-state index is 0.0278. The Kier molecular flexibility index (Phi) is 18.1. The average molecular weight is 977 g/mol. The van der Waals surface area contributed by atoms with E-state index in [-0.39, 0.29) is 36.2 Å². The number of carbonyl (C=O) groups excluding carboxylic acids is 5. The van der Waals surface area contributed by atoms with Gasteiger partial charge in [-0.3, -0.25) is 14.4 Å². The summed E-state index contributed by atoms with van der Waals surface area (Å²) in [5.74, 6) is 0.454. The molecule has 0 spiro atoms. The van der Waals surface area contributed by atoms with Crippen LogP contribution in [-0.4, -0.2) is 82.8 Å². The van der Waals surface area contributed by atoms with Crippen molar-refractivity contribution in [1.82, 2.24) is 30.7 Å². The molecule has 4 aromatic carbocycles. The van der Waals surface area contributed by atoms with Crippen LogP contribution < -0.4 is 26.6 Å². The SMILES string of the molecule is Cc1ccc(C(=O)N2CCC(c3ccc(C#N)cc3)CC2)cc1NC(=O)NCC(C)(C)NC(=O)C(C)C.Cc1csc(CNC(=O)Nc2cc(C(=O)N3CCC(c4ccc(C#N)cc4)CC3)ccc2C)n1. The Labute approximate surface area is 421 Å². The van der Waals surface area contributed by atoms with Crippen molar-refractivity contribution in [2.75, 3.05) is 43.4 Å². The fourth-order valence-corrected chi connectivity index (χ4v) is 9.14. The van der Waals surface area contributed by atoms with Crippen LogP contribution in [0.15, 0.2) is 90.3 Å². The topological polar surface area (TPSA) is 212 Å². The number of aryl methyl sites for hydroxylation is 3. The molecular weight excluding hydrogens is 913 g/mol. The number of benzene rings is 4. The first-order valence-electron chi connectivity index (χ1n) is 24.0. The zero-order valence-electron chi connectivity index (χ0n) is 41.6. The van der Waals surface area contributed by atoms with E-state index < -0.39 is 11.6 Å². The number of nitrogens with zero attached hydrogens (tertiary/aromatic N) is 5. The quantitative estimate of drug-likeness (QED) is 0.0810. The van der Waals surface area contributed by atoms with Crippen LogP contribution in [0.1, 0.15) is 130 Å². The van der Waals surface area contributed by atoms with E-state index in [2.05, 4.69) is 43.7 Å². The lowest BCUT2D eigenvalue weighted by atomic mass is 9.89. The molecule has 7 rings (SSSR count). The number of rotatable bonds is 12. The van der Waals surface area contributed by atoms with Gasteiger partial charge in [0.15, 0.2) is 0 Å². The van der Waals surface area contributed by atoms with Gasteiger partial charge in [-0.2, -0.15) is 10.5 Å². The Morgan fingerprint density at radius 1 is 0.676 bits per heavy atom. The summed E-state index contributed by atoms with van der Waals surface area (Å²) < 4.78 is 0. The zero-order valence-corrected chi connectivity index (χ0v) is 42.5. The van der Waals surface area contributed by atoms with Crippen molar-refractivity contribution in [3.8, 4) is 12.1 Å². The van der Waals surface area contributed by atoms with Gasteiger partial charge in [0.2, 0.25) is 5.91 Å². The molecule has 1 aromatic heterocycles. The van der Waals surface area contributed by atoms with Crippen molar-refractivity contribution < 1.29 is 24.0 Å². The molecule has 2 saturated heterocycles. The van der Waals surface area contributed by atoms with Crippen molar-refractivity contribution in [3.05, 3.63) is 146 Å². The molecule has 16 heteroatoms. The van der Waals surface area contributed by atoms with Crippen molar-refractivity contribution in [2.24, 2.45) is 5.92 Å². The van der Waals surface area contributed by atoms with E-state index in [4.69, 9.17) is 10.5 Å². The molecule has 0 radical (unpaired) electrons. The molecule has 0 bridgehead atoms. The lowest BCUT2D eigenvalue weighted by molar-refractivity contribution is -0.125. The molecule has 2 aliphatic heterocycles. The number of anilines is 2. The van der Waals surface area contributed by atoms with Crippen molar-refractivity contribution >= 4 is 52.5 Å². The van der Waals surface area contributed by atoms with Gasteiger partial charge in [-0.05, 0) is 143 Å². The standard InChI is InChI=1S/C29H37N5O3.C26H27N5O2S/c1-19(2)26(35)33-29(4,5)18-31-28(37)32-25-16-24(9-6-20(25)3)27(36)34-14-12-23(13-15-34)22-10-7-21(17-30)8-11-22;1-17-3-6-22(13-23(17)30-26(33)28-15-24-29-18(2)16-34-24)25(32)31-11-9-21(10-12-31)20-7-4-19(14-27)5-8-20/h6-11,16,19,23H,12-15,18H2,1-5H3,(H,33,35)(H2,31,32,37);3-8,13,16,21H,9-12,15H2,1-2H3,(H2,28,30,33). The van der Waals surface area contributed by atoms with Crippen LogP contribution in [0.5, 0.6) is 0 Å². The number of urea groups is 2.